The Hall–Kier alpha value is -4.73. The van der Waals surface area contributed by atoms with Crippen LogP contribution in [0.3, 0.4) is 0 Å². The molecule has 3 aromatic carbocycles. The summed E-state index contributed by atoms with van der Waals surface area (Å²) in [6.45, 7) is 3.86. The molecule has 0 aliphatic carbocycles. The van der Waals surface area contributed by atoms with Gasteiger partial charge in [0.15, 0.2) is 5.11 Å². The number of alkyl halides is 3. The van der Waals surface area contributed by atoms with E-state index in [1.807, 2.05) is 30.5 Å². The lowest BCUT2D eigenvalue weighted by Gasteiger charge is -2.38. The summed E-state index contributed by atoms with van der Waals surface area (Å²) in [6, 6.07) is 20.6. The molecule has 0 bridgehead atoms. The topological polar surface area (TPSA) is 120 Å². The van der Waals surface area contributed by atoms with E-state index >= 15 is 0 Å². The monoisotopic (exact) mass is 648 g/mol. The largest absolute Gasteiger partial charge is 0.506 e. The first-order chi connectivity index (χ1) is 21.9. The fourth-order valence-electron chi connectivity index (χ4n) is 5.30. The predicted octanol–water partition coefficient (Wildman–Crippen LogP) is 6.49. The van der Waals surface area contributed by atoms with E-state index in [-0.39, 0.29) is 46.8 Å². The third kappa shape index (κ3) is 8.29. The molecule has 1 aromatic heterocycles. The number of hydrogen-bond donors (Lipinski definition) is 3. The van der Waals surface area contributed by atoms with Gasteiger partial charge >= 0.3 is 6.18 Å². The van der Waals surface area contributed by atoms with Crippen LogP contribution in [0.25, 0.3) is 0 Å². The SMILES string of the molecule is CC[C@H](C)[C@H](C(=O)Cc1cncn1Cc1ccc(C#N)cc1)C(N)N(Cc1ccccc1C(F)(F)F)C(=S)Nc1ccccc1O. The van der Waals surface area contributed by atoms with Gasteiger partial charge in [-0.05, 0) is 59.6 Å². The Morgan fingerprint density at radius 2 is 1.80 bits per heavy atom. The second-order valence-corrected chi connectivity index (χ2v) is 11.5. The summed E-state index contributed by atoms with van der Waals surface area (Å²) in [4.78, 5) is 19.7. The van der Waals surface area contributed by atoms with E-state index < -0.39 is 23.8 Å². The summed E-state index contributed by atoms with van der Waals surface area (Å²) in [5.41, 5.74) is 8.27. The van der Waals surface area contributed by atoms with Crippen LogP contribution < -0.4 is 11.1 Å². The van der Waals surface area contributed by atoms with Crippen molar-refractivity contribution in [3.63, 3.8) is 0 Å². The second-order valence-electron chi connectivity index (χ2n) is 11.1. The summed E-state index contributed by atoms with van der Waals surface area (Å²) in [5, 5.41) is 22.3. The number of nitrogens with two attached hydrogens (primary N) is 1. The molecule has 3 atom stereocenters. The lowest BCUT2D eigenvalue weighted by atomic mass is 9.83. The highest BCUT2D eigenvalue weighted by atomic mass is 32.1. The molecule has 0 saturated heterocycles. The van der Waals surface area contributed by atoms with Gasteiger partial charge < -0.3 is 25.6 Å². The zero-order valence-corrected chi connectivity index (χ0v) is 26.2. The number of imidazole rings is 1. The van der Waals surface area contributed by atoms with Gasteiger partial charge in [0.05, 0.1) is 41.3 Å². The van der Waals surface area contributed by atoms with E-state index in [0.29, 0.717) is 24.2 Å². The van der Waals surface area contributed by atoms with Crippen LogP contribution in [0.15, 0.2) is 85.3 Å². The number of aromatic nitrogens is 2. The minimum Gasteiger partial charge on any atom is -0.506 e. The van der Waals surface area contributed by atoms with Crippen LogP contribution in [0.4, 0.5) is 18.9 Å². The molecule has 0 fully saturated rings. The number of aromatic hydroxyl groups is 1. The Morgan fingerprint density at radius 3 is 2.46 bits per heavy atom. The van der Waals surface area contributed by atoms with Crippen molar-refractivity contribution < 1.29 is 23.1 Å². The van der Waals surface area contributed by atoms with Gasteiger partial charge in [0.2, 0.25) is 0 Å². The van der Waals surface area contributed by atoms with Gasteiger partial charge in [0.1, 0.15) is 11.5 Å². The van der Waals surface area contributed by atoms with Crippen LogP contribution in [0, 0.1) is 23.2 Å². The van der Waals surface area contributed by atoms with Crippen LogP contribution in [0.5, 0.6) is 5.75 Å². The summed E-state index contributed by atoms with van der Waals surface area (Å²) in [7, 11) is 0. The fraction of sp³-hybridized carbons (Fsp3) is 0.294. The highest BCUT2D eigenvalue weighted by Gasteiger charge is 2.38. The van der Waals surface area contributed by atoms with Gasteiger partial charge in [-0.3, -0.25) is 4.79 Å². The number of rotatable bonds is 12. The maximum Gasteiger partial charge on any atom is 0.416 e. The summed E-state index contributed by atoms with van der Waals surface area (Å²) >= 11 is 5.68. The average Bonchev–Trinajstić information content (AvgIpc) is 3.46. The maximum atomic E-state index is 14.1. The molecule has 8 nitrogen and oxygen atoms in total. The maximum absolute atomic E-state index is 14.1. The molecule has 0 amide bonds. The van der Waals surface area contributed by atoms with Crippen LogP contribution >= 0.6 is 12.2 Å². The van der Waals surface area contributed by atoms with E-state index in [9.17, 15) is 23.1 Å². The van der Waals surface area contributed by atoms with Gasteiger partial charge in [-0.1, -0.05) is 62.7 Å². The number of benzene rings is 3. The van der Waals surface area contributed by atoms with Crippen LogP contribution in [0.2, 0.25) is 0 Å². The minimum atomic E-state index is -4.63. The van der Waals surface area contributed by atoms with E-state index in [4.69, 9.17) is 23.2 Å². The highest BCUT2D eigenvalue weighted by molar-refractivity contribution is 7.80. The lowest BCUT2D eigenvalue weighted by molar-refractivity contribution is -0.138. The quantitative estimate of drug-likeness (QED) is 0.0907. The molecule has 0 radical (unpaired) electrons. The van der Waals surface area contributed by atoms with Crippen molar-refractivity contribution in [3.8, 4) is 11.8 Å². The summed E-state index contributed by atoms with van der Waals surface area (Å²) in [6.07, 6.45) is -1.98. The van der Waals surface area contributed by atoms with Crippen molar-refractivity contribution in [3.05, 3.63) is 113 Å². The first-order valence-electron chi connectivity index (χ1n) is 14.7. The van der Waals surface area contributed by atoms with Gasteiger partial charge in [0.25, 0.3) is 0 Å². The van der Waals surface area contributed by atoms with Crippen LogP contribution in [-0.4, -0.2) is 36.6 Å². The number of nitrogens with zero attached hydrogens (tertiary/aromatic N) is 4. The third-order valence-electron chi connectivity index (χ3n) is 8.02. The number of halogens is 3. The molecule has 0 saturated carbocycles. The normalized spacial score (nSPS) is 13.3. The first-order valence-corrected chi connectivity index (χ1v) is 15.1. The second kappa shape index (κ2) is 15.0. The van der Waals surface area contributed by atoms with E-state index in [0.717, 1.165) is 11.6 Å². The van der Waals surface area contributed by atoms with Gasteiger partial charge in [-0.15, -0.1) is 0 Å². The standard InChI is InChI=1S/C34H35F3N6O2S/c1-3-22(2)31(30(45)16-26-18-40-21-42(26)19-24-14-12-23(17-38)13-15-24)32(39)43(33(46)41-28-10-6-7-11-29(28)44)20-25-8-4-5-9-27(25)34(35,36)37/h4-15,18,21-22,31-32,44H,3,16,19-20,39H2,1-2H3,(H,41,46)/t22-,31+,32?/m0/s1. The molecule has 12 heteroatoms. The average molecular weight is 649 g/mol. The van der Waals surface area contributed by atoms with Crippen molar-refractivity contribution in [2.24, 2.45) is 17.6 Å². The molecule has 0 aliphatic heterocycles. The molecule has 1 heterocycles. The number of anilines is 1. The van der Waals surface area contributed by atoms with Crippen molar-refractivity contribution >= 4 is 28.8 Å². The third-order valence-corrected chi connectivity index (χ3v) is 8.35. The van der Waals surface area contributed by atoms with Crippen molar-refractivity contribution in [2.75, 3.05) is 5.32 Å². The number of phenolic OH excluding ortho intramolecular Hbond substituents is 1. The van der Waals surface area contributed by atoms with E-state index in [1.165, 1.54) is 29.2 Å². The van der Waals surface area contributed by atoms with Crippen molar-refractivity contribution in [1.29, 1.82) is 5.26 Å². The number of carbonyl (C=O) groups excluding carboxylic acids is 1. The van der Waals surface area contributed by atoms with Gasteiger partial charge in [-0.2, -0.15) is 18.4 Å². The number of para-hydroxylation sites is 2. The summed E-state index contributed by atoms with van der Waals surface area (Å²) in [5.74, 6) is -1.42. The zero-order valence-electron chi connectivity index (χ0n) is 25.4. The number of nitriles is 1. The number of thiocarbonyl (C=S) groups is 1. The van der Waals surface area contributed by atoms with Crippen LogP contribution in [0.1, 0.15) is 48.2 Å². The smallest absolute Gasteiger partial charge is 0.416 e. The predicted molar refractivity (Wildman–Crippen MR) is 173 cm³/mol. The number of ketones is 1. The molecule has 1 unspecified atom stereocenters. The number of phenols is 1. The van der Waals surface area contributed by atoms with E-state index in [1.54, 1.807) is 42.9 Å². The Balaban J connectivity index is 1.66. The number of Topliss-reactive ketones (excluding diaryl/α,β-unsaturated/α-hetero) is 1. The zero-order chi connectivity index (χ0) is 33.4. The summed E-state index contributed by atoms with van der Waals surface area (Å²) < 4.78 is 43.9. The number of carbonyl (C=O) groups is 1. The molecule has 240 valence electrons. The lowest BCUT2D eigenvalue weighted by Crippen LogP contribution is -2.55. The number of hydrogen-bond acceptors (Lipinski definition) is 6. The fourth-order valence-corrected chi connectivity index (χ4v) is 5.60. The Labute approximate surface area is 271 Å². The highest BCUT2D eigenvalue weighted by Crippen LogP contribution is 2.34. The molecule has 0 aliphatic rings. The number of nitrogens with one attached hydrogen (secondary N) is 1. The molecule has 46 heavy (non-hydrogen) atoms. The molecular weight excluding hydrogens is 613 g/mol. The molecular formula is C34H35F3N6O2S. The Kier molecular flexibility index (Phi) is 11.2. The van der Waals surface area contributed by atoms with Crippen molar-refractivity contribution in [2.45, 2.75) is 52.1 Å². The Bertz CT molecular complexity index is 1700. The van der Waals surface area contributed by atoms with Gasteiger partial charge in [0, 0.05) is 31.4 Å². The molecule has 4 N–H and O–H groups in total. The van der Waals surface area contributed by atoms with Gasteiger partial charge in [-0.25, -0.2) is 4.98 Å². The molecule has 4 rings (SSSR count). The minimum absolute atomic E-state index is 0.0222. The first kappa shape index (κ1) is 34.1. The Morgan fingerprint density at radius 1 is 1.13 bits per heavy atom. The van der Waals surface area contributed by atoms with Crippen LogP contribution in [-0.2, 0) is 30.5 Å². The van der Waals surface area contributed by atoms with Crippen molar-refractivity contribution in [1.82, 2.24) is 14.5 Å². The molecule has 0 spiro atoms. The van der Waals surface area contributed by atoms with E-state index in [2.05, 4.69) is 16.4 Å². The molecule has 4 aromatic rings.